The first kappa shape index (κ1) is 15.0. The van der Waals surface area contributed by atoms with Crippen LogP contribution in [0.4, 0.5) is 5.69 Å². The van der Waals surface area contributed by atoms with Gasteiger partial charge in [0.2, 0.25) is 5.91 Å². The van der Waals surface area contributed by atoms with Crippen molar-refractivity contribution in [2.75, 3.05) is 5.73 Å². The summed E-state index contributed by atoms with van der Waals surface area (Å²) < 4.78 is 1.41. The van der Waals surface area contributed by atoms with E-state index < -0.39 is 11.9 Å². The molecule has 7 nitrogen and oxygen atoms in total. The second-order valence-corrected chi connectivity index (χ2v) is 4.83. The lowest BCUT2D eigenvalue weighted by Crippen LogP contribution is -2.47. The highest BCUT2D eigenvalue weighted by Gasteiger charge is 2.22. The number of aromatic nitrogens is 2. The van der Waals surface area contributed by atoms with Crippen LogP contribution in [-0.4, -0.2) is 33.7 Å². The molecule has 4 N–H and O–H groups in total. The van der Waals surface area contributed by atoms with Crippen LogP contribution in [0.25, 0.3) is 0 Å². The second-order valence-electron chi connectivity index (χ2n) is 4.83. The largest absolute Gasteiger partial charge is 0.395 e. The quantitative estimate of drug-likeness (QED) is 0.712. The standard InChI is InChI=1S/C12H21N5O2/c1-6(2)14-11(18)8(4)15-12(19)10-9(13)7(3)16-17(10)5/h6,8H,13H2,1-5H3,(H,14,18)(H,15,19). The first-order valence-corrected chi connectivity index (χ1v) is 6.14. The smallest absolute Gasteiger partial charge is 0.272 e. The summed E-state index contributed by atoms with van der Waals surface area (Å²) in [4.78, 5) is 23.8. The summed E-state index contributed by atoms with van der Waals surface area (Å²) in [7, 11) is 1.64. The Kier molecular flexibility index (Phi) is 4.52. The van der Waals surface area contributed by atoms with E-state index in [2.05, 4.69) is 15.7 Å². The number of aryl methyl sites for hydroxylation is 2. The van der Waals surface area contributed by atoms with E-state index in [4.69, 9.17) is 5.73 Å². The van der Waals surface area contributed by atoms with Crippen molar-refractivity contribution < 1.29 is 9.59 Å². The Morgan fingerprint density at radius 2 is 1.84 bits per heavy atom. The maximum Gasteiger partial charge on any atom is 0.272 e. The van der Waals surface area contributed by atoms with Gasteiger partial charge in [-0.3, -0.25) is 14.3 Å². The van der Waals surface area contributed by atoms with E-state index in [0.29, 0.717) is 11.4 Å². The summed E-state index contributed by atoms with van der Waals surface area (Å²) in [5, 5.41) is 9.39. The number of hydrogen-bond donors (Lipinski definition) is 3. The molecule has 19 heavy (non-hydrogen) atoms. The van der Waals surface area contributed by atoms with Gasteiger partial charge >= 0.3 is 0 Å². The Bertz CT molecular complexity index is 493. The maximum absolute atomic E-state index is 12.1. The molecular weight excluding hydrogens is 246 g/mol. The van der Waals surface area contributed by atoms with Gasteiger partial charge in [0.25, 0.3) is 5.91 Å². The van der Waals surface area contributed by atoms with E-state index >= 15 is 0 Å². The fraction of sp³-hybridized carbons (Fsp3) is 0.583. The van der Waals surface area contributed by atoms with Gasteiger partial charge in [0.15, 0.2) is 0 Å². The molecule has 0 aliphatic carbocycles. The number of carbonyl (C=O) groups is 2. The lowest BCUT2D eigenvalue weighted by molar-refractivity contribution is -0.123. The zero-order valence-corrected chi connectivity index (χ0v) is 11.9. The van der Waals surface area contributed by atoms with Crippen LogP contribution in [0.5, 0.6) is 0 Å². The van der Waals surface area contributed by atoms with Crippen LogP contribution in [-0.2, 0) is 11.8 Å². The molecule has 0 saturated carbocycles. The molecule has 1 atom stereocenters. The van der Waals surface area contributed by atoms with Gasteiger partial charge in [-0.2, -0.15) is 5.10 Å². The van der Waals surface area contributed by atoms with Gasteiger partial charge in [-0.1, -0.05) is 0 Å². The molecule has 0 fully saturated rings. The van der Waals surface area contributed by atoms with Gasteiger partial charge in [-0.25, -0.2) is 0 Å². The average molecular weight is 267 g/mol. The number of amides is 2. The van der Waals surface area contributed by atoms with Crippen molar-refractivity contribution in [1.29, 1.82) is 0 Å². The summed E-state index contributed by atoms with van der Waals surface area (Å²) >= 11 is 0. The number of nitrogens with one attached hydrogen (secondary N) is 2. The SMILES string of the molecule is Cc1nn(C)c(C(=O)NC(C)C(=O)NC(C)C)c1N. The average Bonchev–Trinajstić information content (AvgIpc) is 2.51. The molecule has 0 aliphatic rings. The predicted molar refractivity (Wildman–Crippen MR) is 72.6 cm³/mol. The molecular formula is C12H21N5O2. The highest BCUT2D eigenvalue weighted by atomic mass is 16.2. The Labute approximate surface area is 112 Å². The first-order valence-electron chi connectivity index (χ1n) is 6.14. The summed E-state index contributed by atoms with van der Waals surface area (Å²) in [6.45, 7) is 7.06. The number of nitrogens with zero attached hydrogens (tertiary/aromatic N) is 2. The van der Waals surface area contributed by atoms with Gasteiger partial charge in [0, 0.05) is 13.1 Å². The molecule has 0 bridgehead atoms. The predicted octanol–water partition coefficient (Wildman–Crippen LogP) is -0.0464. The molecule has 1 rings (SSSR count). The Morgan fingerprint density at radius 1 is 1.26 bits per heavy atom. The number of nitrogen functional groups attached to an aromatic ring is 1. The molecule has 0 aliphatic heterocycles. The molecule has 2 amide bonds. The minimum Gasteiger partial charge on any atom is -0.395 e. The molecule has 0 saturated heterocycles. The normalized spacial score (nSPS) is 12.3. The van der Waals surface area contributed by atoms with E-state index in [1.54, 1.807) is 20.9 Å². The molecule has 0 aromatic carbocycles. The fourth-order valence-corrected chi connectivity index (χ4v) is 1.68. The van der Waals surface area contributed by atoms with Gasteiger partial charge in [-0.15, -0.1) is 0 Å². The number of nitrogens with two attached hydrogens (primary N) is 1. The number of hydrogen-bond acceptors (Lipinski definition) is 4. The molecule has 106 valence electrons. The van der Waals surface area contributed by atoms with Crippen molar-refractivity contribution in [2.24, 2.45) is 7.05 Å². The van der Waals surface area contributed by atoms with E-state index in [9.17, 15) is 9.59 Å². The zero-order valence-electron chi connectivity index (χ0n) is 11.9. The molecule has 1 heterocycles. The molecule has 0 radical (unpaired) electrons. The van der Waals surface area contributed by atoms with E-state index in [-0.39, 0.29) is 17.6 Å². The summed E-state index contributed by atoms with van der Waals surface area (Å²) in [5.41, 5.74) is 6.98. The third-order valence-corrected chi connectivity index (χ3v) is 2.66. The van der Waals surface area contributed by atoms with Crippen molar-refractivity contribution in [1.82, 2.24) is 20.4 Å². The van der Waals surface area contributed by atoms with Gasteiger partial charge in [0.05, 0.1) is 11.4 Å². The van der Waals surface area contributed by atoms with Gasteiger partial charge in [0.1, 0.15) is 11.7 Å². The van der Waals surface area contributed by atoms with Crippen LogP contribution in [0.15, 0.2) is 0 Å². The third-order valence-electron chi connectivity index (χ3n) is 2.66. The Balaban J connectivity index is 2.77. The number of carbonyl (C=O) groups excluding carboxylic acids is 2. The van der Waals surface area contributed by atoms with Crippen LogP contribution in [0.1, 0.15) is 37.0 Å². The fourth-order valence-electron chi connectivity index (χ4n) is 1.68. The van der Waals surface area contributed by atoms with Crippen LogP contribution in [0, 0.1) is 6.92 Å². The topological polar surface area (TPSA) is 102 Å². The van der Waals surface area contributed by atoms with Crippen LogP contribution in [0.3, 0.4) is 0 Å². The van der Waals surface area contributed by atoms with E-state index in [1.165, 1.54) is 4.68 Å². The monoisotopic (exact) mass is 267 g/mol. The van der Waals surface area contributed by atoms with Gasteiger partial charge in [-0.05, 0) is 27.7 Å². The highest BCUT2D eigenvalue weighted by molar-refractivity contribution is 6.00. The Morgan fingerprint density at radius 3 is 2.26 bits per heavy atom. The Hall–Kier alpha value is -2.05. The molecule has 0 spiro atoms. The van der Waals surface area contributed by atoms with Crippen molar-refractivity contribution in [3.8, 4) is 0 Å². The third kappa shape index (κ3) is 3.46. The van der Waals surface area contributed by atoms with Crippen molar-refractivity contribution in [3.05, 3.63) is 11.4 Å². The van der Waals surface area contributed by atoms with E-state index in [1.807, 2.05) is 13.8 Å². The second kappa shape index (κ2) is 5.73. The minimum absolute atomic E-state index is 0.0240. The van der Waals surface area contributed by atoms with Crippen LogP contribution >= 0.6 is 0 Å². The summed E-state index contributed by atoms with van der Waals surface area (Å²) in [6, 6.07) is -0.611. The molecule has 7 heteroatoms. The lowest BCUT2D eigenvalue weighted by atomic mass is 10.2. The van der Waals surface area contributed by atoms with Crippen molar-refractivity contribution >= 4 is 17.5 Å². The number of anilines is 1. The van der Waals surface area contributed by atoms with Crippen LogP contribution in [0.2, 0.25) is 0 Å². The van der Waals surface area contributed by atoms with Crippen LogP contribution < -0.4 is 16.4 Å². The lowest BCUT2D eigenvalue weighted by Gasteiger charge is -2.16. The molecule has 1 aromatic rings. The zero-order chi connectivity index (χ0) is 14.7. The first-order chi connectivity index (χ1) is 8.73. The molecule has 1 unspecified atom stereocenters. The van der Waals surface area contributed by atoms with Gasteiger partial charge < -0.3 is 16.4 Å². The van der Waals surface area contributed by atoms with Crippen molar-refractivity contribution in [3.63, 3.8) is 0 Å². The highest BCUT2D eigenvalue weighted by Crippen LogP contribution is 2.14. The minimum atomic E-state index is -0.635. The number of rotatable bonds is 4. The molecule has 1 aromatic heterocycles. The summed E-state index contributed by atoms with van der Waals surface area (Å²) in [6.07, 6.45) is 0. The van der Waals surface area contributed by atoms with E-state index in [0.717, 1.165) is 0 Å². The summed E-state index contributed by atoms with van der Waals surface area (Å²) in [5.74, 6) is -0.646. The van der Waals surface area contributed by atoms with Crippen molar-refractivity contribution in [2.45, 2.75) is 39.8 Å². The maximum atomic E-state index is 12.1.